The predicted molar refractivity (Wildman–Crippen MR) is 90.9 cm³/mol. The topological polar surface area (TPSA) is 98.7 Å². The molecule has 3 N–H and O–H groups in total. The molecule has 0 aliphatic heterocycles. The number of aromatic nitrogens is 4. The molecule has 3 heterocycles. The Labute approximate surface area is 133 Å². The van der Waals surface area contributed by atoms with Crippen LogP contribution in [-0.4, -0.2) is 19.4 Å². The number of aryl methyl sites for hydroxylation is 1. The molecule has 0 atom stereocenters. The molecule has 4 rings (SSSR count). The highest BCUT2D eigenvalue weighted by atomic mass is 32.1. The summed E-state index contributed by atoms with van der Waals surface area (Å²) in [5.74, 6) is 5.77. The van der Waals surface area contributed by atoms with Crippen LogP contribution in [-0.2, 0) is 6.42 Å². The Balaban J connectivity index is 2.07. The molecule has 0 spiro atoms. The quantitative estimate of drug-likeness (QED) is 0.543. The second-order valence-corrected chi connectivity index (χ2v) is 6.17. The van der Waals surface area contributed by atoms with Crippen molar-refractivity contribution in [2.45, 2.75) is 13.3 Å². The summed E-state index contributed by atoms with van der Waals surface area (Å²) in [5.41, 5.74) is 1.20. The highest BCUT2D eigenvalue weighted by Gasteiger charge is 2.17. The fourth-order valence-corrected chi connectivity index (χ4v) is 3.65. The summed E-state index contributed by atoms with van der Waals surface area (Å²) in [4.78, 5) is 29.2. The lowest BCUT2D eigenvalue weighted by atomic mass is 10.2. The lowest BCUT2D eigenvalue weighted by molar-refractivity contribution is 0.850. The van der Waals surface area contributed by atoms with E-state index in [1.807, 2.05) is 31.2 Å². The normalized spacial score (nSPS) is 11.5. The molecule has 0 amide bonds. The summed E-state index contributed by atoms with van der Waals surface area (Å²) in [5, 5.41) is 3.92. The fourth-order valence-electron chi connectivity index (χ4n) is 2.72. The van der Waals surface area contributed by atoms with Crippen LogP contribution in [0.5, 0.6) is 0 Å². The van der Waals surface area contributed by atoms with Crippen LogP contribution >= 0.6 is 11.3 Å². The van der Waals surface area contributed by atoms with Crippen molar-refractivity contribution in [1.82, 2.24) is 19.4 Å². The number of nitrogens with two attached hydrogens (primary N) is 1. The van der Waals surface area contributed by atoms with Crippen molar-refractivity contribution in [2.75, 3.05) is 5.84 Å². The van der Waals surface area contributed by atoms with Gasteiger partial charge in [-0.1, -0.05) is 30.4 Å². The van der Waals surface area contributed by atoms with E-state index in [9.17, 15) is 9.59 Å². The van der Waals surface area contributed by atoms with Crippen LogP contribution in [0.15, 0.2) is 39.9 Å². The number of nitrogens with one attached hydrogen (secondary N) is 1. The molecule has 116 valence electrons. The zero-order valence-electron chi connectivity index (χ0n) is 12.2. The number of pyridine rings is 1. The van der Waals surface area contributed by atoms with Crippen LogP contribution in [0.1, 0.15) is 12.6 Å². The molecule has 3 aromatic heterocycles. The lowest BCUT2D eigenvalue weighted by Gasteiger charge is -2.04. The molecule has 1 aromatic carbocycles. The van der Waals surface area contributed by atoms with Crippen molar-refractivity contribution in [1.29, 1.82) is 0 Å². The van der Waals surface area contributed by atoms with E-state index >= 15 is 0 Å². The first kappa shape index (κ1) is 13.8. The van der Waals surface area contributed by atoms with E-state index in [0.717, 1.165) is 14.9 Å². The van der Waals surface area contributed by atoms with Gasteiger partial charge in [-0.15, -0.1) is 0 Å². The third-order valence-electron chi connectivity index (χ3n) is 3.81. The molecule has 0 radical (unpaired) electrons. The number of nitrogens with zero attached hydrogens (tertiary/aromatic N) is 3. The fraction of sp³-hybridized carbons (Fsp3) is 0.133. The summed E-state index contributed by atoms with van der Waals surface area (Å²) < 4.78 is 3.39. The molecule has 23 heavy (non-hydrogen) atoms. The first-order chi connectivity index (χ1) is 11.1. The van der Waals surface area contributed by atoms with Gasteiger partial charge in [-0.25, -0.2) is 9.66 Å². The number of hydrogen-bond acceptors (Lipinski definition) is 5. The number of aromatic amines is 1. The number of para-hydroxylation sites is 1. The average Bonchev–Trinajstić information content (AvgIpc) is 3.10. The maximum absolute atomic E-state index is 12.8. The maximum atomic E-state index is 12.8. The Morgan fingerprint density at radius 1 is 1.30 bits per heavy atom. The highest BCUT2D eigenvalue weighted by molar-refractivity contribution is 7.20. The highest BCUT2D eigenvalue weighted by Crippen LogP contribution is 2.24. The molecule has 0 bridgehead atoms. The number of hydrogen-bond donors (Lipinski definition) is 2. The Kier molecular flexibility index (Phi) is 2.88. The van der Waals surface area contributed by atoms with Gasteiger partial charge in [-0.3, -0.25) is 14.7 Å². The molecule has 0 aliphatic rings. The van der Waals surface area contributed by atoms with E-state index < -0.39 is 0 Å². The van der Waals surface area contributed by atoms with Crippen molar-refractivity contribution in [3.8, 4) is 5.13 Å². The smallest absolute Gasteiger partial charge is 0.283 e. The van der Waals surface area contributed by atoms with E-state index in [-0.39, 0.29) is 11.1 Å². The van der Waals surface area contributed by atoms with Crippen molar-refractivity contribution in [3.05, 3.63) is 56.7 Å². The number of thiazole rings is 1. The van der Waals surface area contributed by atoms with Crippen LogP contribution < -0.4 is 17.0 Å². The summed E-state index contributed by atoms with van der Waals surface area (Å²) in [7, 11) is 0. The minimum atomic E-state index is -0.355. The molecule has 4 aromatic rings. The SMILES string of the molecule is CCc1c2c(=O)n(-c3nc4ccccc4s3)[nH]c2cc(=O)n1N. The molecule has 0 fully saturated rings. The van der Waals surface area contributed by atoms with Gasteiger partial charge >= 0.3 is 0 Å². The Morgan fingerprint density at radius 3 is 2.83 bits per heavy atom. The summed E-state index contributed by atoms with van der Waals surface area (Å²) in [6.07, 6.45) is 0.482. The van der Waals surface area contributed by atoms with Gasteiger partial charge < -0.3 is 5.84 Å². The number of nitrogen functional groups attached to an aromatic ring is 1. The standard InChI is InChI=1S/C15H13N5O2S/c1-2-10-13-9(7-12(21)19(10)16)18-20(14(13)22)15-17-8-5-3-4-6-11(8)23-15/h3-7,18H,2,16H2,1H3. The summed E-state index contributed by atoms with van der Waals surface area (Å²) in [6, 6.07) is 9.00. The Morgan fingerprint density at radius 2 is 2.09 bits per heavy atom. The van der Waals surface area contributed by atoms with E-state index in [0.29, 0.717) is 28.1 Å². The van der Waals surface area contributed by atoms with Crippen molar-refractivity contribution in [2.24, 2.45) is 0 Å². The maximum Gasteiger partial charge on any atom is 0.283 e. The largest absolute Gasteiger partial charge is 0.336 e. The van der Waals surface area contributed by atoms with Crippen LogP contribution in [0.4, 0.5) is 0 Å². The molecule has 0 unspecified atom stereocenters. The van der Waals surface area contributed by atoms with Crippen molar-refractivity contribution >= 4 is 32.5 Å². The van der Waals surface area contributed by atoms with Gasteiger partial charge in [0.25, 0.3) is 11.1 Å². The molecular formula is C15H13N5O2S. The third-order valence-corrected chi connectivity index (χ3v) is 4.83. The van der Waals surface area contributed by atoms with Crippen molar-refractivity contribution in [3.63, 3.8) is 0 Å². The van der Waals surface area contributed by atoms with Gasteiger partial charge in [0.05, 0.1) is 26.8 Å². The number of benzene rings is 1. The van der Waals surface area contributed by atoms with E-state index in [1.54, 1.807) is 0 Å². The van der Waals surface area contributed by atoms with Gasteiger partial charge in [-0.05, 0) is 18.6 Å². The van der Waals surface area contributed by atoms with Crippen LogP contribution in [0.2, 0.25) is 0 Å². The second kappa shape index (κ2) is 4.82. The number of H-pyrrole nitrogens is 1. The molecule has 7 nitrogen and oxygen atoms in total. The number of fused-ring (bicyclic) bond motifs is 2. The van der Waals surface area contributed by atoms with Crippen LogP contribution in [0.3, 0.4) is 0 Å². The minimum Gasteiger partial charge on any atom is -0.336 e. The van der Waals surface area contributed by atoms with Gasteiger partial charge in [0.1, 0.15) is 0 Å². The van der Waals surface area contributed by atoms with Gasteiger partial charge in [0, 0.05) is 6.07 Å². The second-order valence-electron chi connectivity index (χ2n) is 5.16. The average molecular weight is 327 g/mol. The third kappa shape index (κ3) is 1.92. The van der Waals surface area contributed by atoms with Gasteiger partial charge in [0.2, 0.25) is 5.13 Å². The zero-order valence-corrected chi connectivity index (χ0v) is 13.1. The molecule has 8 heteroatoms. The molecule has 0 aliphatic carbocycles. The number of rotatable bonds is 2. The summed E-state index contributed by atoms with van der Waals surface area (Å²) in [6.45, 7) is 1.85. The van der Waals surface area contributed by atoms with Crippen LogP contribution in [0, 0.1) is 0 Å². The van der Waals surface area contributed by atoms with E-state index in [1.165, 1.54) is 22.1 Å². The Bertz CT molecular complexity index is 1130. The van der Waals surface area contributed by atoms with Gasteiger partial charge in [-0.2, -0.15) is 4.68 Å². The monoisotopic (exact) mass is 327 g/mol. The molecule has 0 saturated carbocycles. The Hall–Kier alpha value is -2.87. The lowest BCUT2D eigenvalue weighted by Crippen LogP contribution is -2.30. The van der Waals surface area contributed by atoms with E-state index in [4.69, 9.17) is 5.84 Å². The molecule has 0 saturated heterocycles. The van der Waals surface area contributed by atoms with E-state index in [2.05, 4.69) is 10.1 Å². The molecular weight excluding hydrogens is 314 g/mol. The minimum absolute atomic E-state index is 0.255. The predicted octanol–water partition coefficient (Wildman–Crippen LogP) is 1.37. The first-order valence-electron chi connectivity index (χ1n) is 7.11. The summed E-state index contributed by atoms with van der Waals surface area (Å²) >= 11 is 1.41. The zero-order chi connectivity index (χ0) is 16.1. The van der Waals surface area contributed by atoms with Gasteiger partial charge in [0.15, 0.2) is 0 Å². The van der Waals surface area contributed by atoms with Crippen molar-refractivity contribution < 1.29 is 0 Å². The first-order valence-corrected chi connectivity index (χ1v) is 7.92. The van der Waals surface area contributed by atoms with Crippen LogP contribution in [0.25, 0.3) is 26.3 Å².